The molecule has 4 rings (SSSR count). The molecule has 198 valence electrons. The van der Waals surface area contributed by atoms with Crippen molar-refractivity contribution < 1.29 is 22.7 Å². The third-order valence-corrected chi connectivity index (χ3v) is 6.35. The summed E-state index contributed by atoms with van der Waals surface area (Å²) in [6.07, 6.45) is 0.958. The highest BCUT2D eigenvalue weighted by molar-refractivity contribution is 5.90. The van der Waals surface area contributed by atoms with Crippen molar-refractivity contribution in [1.82, 2.24) is 19.7 Å². The molecule has 3 heterocycles. The first kappa shape index (κ1) is 26.4. The van der Waals surface area contributed by atoms with E-state index in [0.29, 0.717) is 42.5 Å². The Hall–Kier alpha value is -3.63. The summed E-state index contributed by atoms with van der Waals surface area (Å²) in [5.41, 5.74) is -1.40. The molecule has 1 amide bonds. The first-order valence-corrected chi connectivity index (χ1v) is 12.1. The molecule has 1 fully saturated rings. The molecule has 0 saturated carbocycles. The maximum atomic E-state index is 14.7. The summed E-state index contributed by atoms with van der Waals surface area (Å²) in [4.78, 5) is 26.9. The van der Waals surface area contributed by atoms with E-state index in [1.54, 1.807) is 22.6 Å². The van der Waals surface area contributed by atoms with Gasteiger partial charge in [0.1, 0.15) is 11.4 Å². The van der Waals surface area contributed by atoms with Gasteiger partial charge in [0.15, 0.2) is 5.82 Å². The fraction of sp³-hybridized carbons (Fsp3) is 0.462. The van der Waals surface area contributed by atoms with Gasteiger partial charge in [-0.3, -0.25) is 4.79 Å². The summed E-state index contributed by atoms with van der Waals surface area (Å²) in [5, 5.41) is 12.2. The monoisotopic (exact) mass is 517 g/mol. The number of rotatable bonds is 5. The zero-order valence-corrected chi connectivity index (χ0v) is 21.2. The molecule has 1 saturated heterocycles. The van der Waals surface area contributed by atoms with Gasteiger partial charge in [-0.05, 0) is 40.5 Å². The van der Waals surface area contributed by atoms with Crippen LogP contribution in [0, 0.1) is 5.82 Å². The van der Waals surface area contributed by atoms with Crippen LogP contribution in [0.3, 0.4) is 0 Å². The molecule has 1 atom stereocenters. The predicted octanol–water partition coefficient (Wildman–Crippen LogP) is 5.61. The fourth-order valence-electron chi connectivity index (χ4n) is 4.47. The summed E-state index contributed by atoms with van der Waals surface area (Å²) >= 11 is 0. The highest BCUT2D eigenvalue weighted by Gasteiger charge is 2.28. The van der Waals surface area contributed by atoms with Crippen LogP contribution >= 0.6 is 0 Å². The van der Waals surface area contributed by atoms with Crippen LogP contribution < -0.4 is 10.9 Å². The van der Waals surface area contributed by atoms with E-state index < -0.39 is 29.4 Å². The molecule has 8 nitrogen and oxygen atoms in total. The van der Waals surface area contributed by atoms with E-state index in [4.69, 9.17) is 4.74 Å². The van der Waals surface area contributed by atoms with Crippen LogP contribution in [-0.2, 0) is 4.74 Å². The molecule has 11 heteroatoms. The van der Waals surface area contributed by atoms with Gasteiger partial charge < -0.3 is 19.5 Å². The Balaban J connectivity index is 1.57. The Bertz CT molecular complexity index is 1350. The molecular formula is C26H30F3N5O3. The van der Waals surface area contributed by atoms with E-state index in [1.807, 2.05) is 20.8 Å². The molecular weight excluding hydrogens is 487 g/mol. The highest BCUT2D eigenvalue weighted by atomic mass is 19.3. The zero-order valence-electron chi connectivity index (χ0n) is 21.2. The first-order valence-electron chi connectivity index (χ1n) is 12.1. The number of ether oxygens (including phenoxy) is 1. The quantitative estimate of drug-likeness (QED) is 0.473. The number of alkyl halides is 2. The summed E-state index contributed by atoms with van der Waals surface area (Å²) in [5.74, 6) is -0.675. The number of amides is 1. The summed E-state index contributed by atoms with van der Waals surface area (Å²) in [7, 11) is 0. The van der Waals surface area contributed by atoms with Gasteiger partial charge in [-0.15, -0.1) is 5.10 Å². The molecule has 37 heavy (non-hydrogen) atoms. The van der Waals surface area contributed by atoms with Crippen molar-refractivity contribution in [3.63, 3.8) is 0 Å². The van der Waals surface area contributed by atoms with Gasteiger partial charge in [-0.25, -0.2) is 18.0 Å². The lowest BCUT2D eigenvalue weighted by molar-refractivity contribution is 0.0187. The Kier molecular flexibility index (Phi) is 7.42. The second-order valence-electron chi connectivity index (χ2n) is 10.2. The molecule has 0 bridgehead atoms. The van der Waals surface area contributed by atoms with Crippen molar-refractivity contribution in [1.29, 1.82) is 0 Å². The minimum Gasteiger partial charge on any atom is -0.444 e. The van der Waals surface area contributed by atoms with Gasteiger partial charge in [-0.2, -0.15) is 5.10 Å². The topological polar surface area (TPSA) is 89.4 Å². The van der Waals surface area contributed by atoms with Crippen molar-refractivity contribution in [2.45, 2.75) is 64.6 Å². The highest BCUT2D eigenvalue weighted by Crippen LogP contribution is 2.31. The second kappa shape index (κ2) is 10.4. The summed E-state index contributed by atoms with van der Waals surface area (Å²) < 4.78 is 48.1. The van der Waals surface area contributed by atoms with Gasteiger partial charge in [0.25, 0.3) is 12.0 Å². The maximum absolute atomic E-state index is 14.7. The number of halogens is 3. The number of carbonyl (C=O) groups excluding carboxylic acids is 1. The molecule has 1 aliphatic heterocycles. The average molecular weight is 518 g/mol. The smallest absolute Gasteiger partial charge is 0.410 e. The molecule has 0 aliphatic carbocycles. The minimum atomic E-state index is -2.93. The number of hydrogen-bond acceptors (Lipinski definition) is 6. The van der Waals surface area contributed by atoms with E-state index >= 15 is 0 Å². The van der Waals surface area contributed by atoms with Gasteiger partial charge >= 0.3 is 6.09 Å². The SMILES string of the molecule is C[C@@H](Nc1nncc2cc(=O)n(C3CCN(C(=O)OC(C)(C)C)CC3)cc12)c1cccc(C(F)F)c1F. The van der Waals surface area contributed by atoms with E-state index in [2.05, 4.69) is 15.5 Å². The predicted molar refractivity (Wildman–Crippen MR) is 133 cm³/mol. The molecule has 0 spiro atoms. The molecule has 3 aromatic rings. The third-order valence-electron chi connectivity index (χ3n) is 6.35. The average Bonchev–Trinajstić information content (AvgIpc) is 2.82. The van der Waals surface area contributed by atoms with Crippen LogP contribution in [0.5, 0.6) is 0 Å². The number of nitrogens with one attached hydrogen (secondary N) is 1. The van der Waals surface area contributed by atoms with Gasteiger partial charge in [0.2, 0.25) is 0 Å². The van der Waals surface area contributed by atoms with Crippen LogP contribution in [0.4, 0.5) is 23.8 Å². The number of fused-ring (bicyclic) bond motifs is 1. The van der Waals surface area contributed by atoms with Crippen molar-refractivity contribution in [3.8, 4) is 0 Å². The summed E-state index contributed by atoms with van der Waals surface area (Å²) in [6, 6.07) is 4.49. The lowest BCUT2D eigenvalue weighted by Gasteiger charge is -2.34. The Morgan fingerprint density at radius 1 is 1.19 bits per heavy atom. The Labute approximate surface area is 212 Å². The lowest BCUT2D eigenvalue weighted by atomic mass is 10.0. The third kappa shape index (κ3) is 5.86. The number of anilines is 1. The van der Waals surface area contributed by atoms with Crippen molar-refractivity contribution >= 4 is 22.7 Å². The molecule has 0 radical (unpaired) electrons. The van der Waals surface area contributed by atoms with Gasteiger partial charge in [-0.1, -0.05) is 18.2 Å². The Morgan fingerprint density at radius 2 is 1.86 bits per heavy atom. The number of hydrogen-bond donors (Lipinski definition) is 1. The van der Waals surface area contributed by atoms with Crippen LogP contribution in [0.15, 0.2) is 41.5 Å². The molecule has 1 N–H and O–H groups in total. The number of aromatic nitrogens is 3. The van der Waals surface area contributed by atoms with E-state index in [0.717, 1.165) is 6.07 Å². The number of benzene rings is 1. The number of piperidine rings is 1. The molecule has 1 aliphatic rings. The lowest BCUT2D eigenvalue weighted by Crippen LogP contribution is -2.43. The van der Waals surface area contributed by atoms with E-state index in [9.17, 15) is 22.8 Å². The maximum Gasteiger partial charge on any atom is 0.410 e. The standard InChI is InChI=1S/C26H30F3N5O3/c1-15(18-6-5-7-19(22(18)27)23(28)29)31-24-20-14-34(21(35)12-16(20)13-30-32-24)17-8-10-33(11-9-17)25(36)37-26(2,3)4/h5-7,12-15,17,23H,8-11H2,1-4H3,(H,31,32)/t15-/m1/s1. The minimum absolute atomic E-state index is 0.0689. The Morgan fingerprint density at radius 3 is 2.51 bits per heavy atom. The van der Waals surface area contributed by atoms with Crippen molar-refractivity contribution in [3.05, 3.63) is 64.0 Å². The van der Waals surface area contributed by atoms with Crippen LogP contribution in [0.1, 0.15) is 70.2 Å². The molecule has 0 unspecified atom stereocenters. The van der Waals surface area contributed by atoms with Crippen molar-refractivity contribution in [2.75, 3.05) is 18.4 Å². The normalized spacial score (nSPS) is 15.7. The van der Waals surface area contributed by atoms with E-state index in [-0.39, 0.29) is 23.3 Å². The van der Waals surface area contributed by atoms with Gasteiger partial charge in [0.05, 0.1) is 17.8 Å². The van der Waals surface area contributed by atoms with Gasteiger partial charge in [0, 0.05) is 47.7 Å². The number of likely N-dealkylation sites (tertiary alicyclic amines) is 1. The van der Waals surface area contributed by atoms with Crippen LogP contribution in [0.25, 0.3) is 10.8 Å². The molecule has 1 aromatic carbocycles. The number of carbonyl (C=O) groups is 1. The largest absolute Gasteiger partial charge is 0.444 e. The van der Waals surface area contributed by atoms with Crippen LogP contribution in [0.2, 0.25) is 0 Å². The molecule has 2 aromatic heterocycles. The second-order valence-corrected chi connectivity index (χ2v) is 10.2. The summed E-state index contributed by atoms with van der Waals surface area (Å²) in [6.45, 7) is 7.96. The van der Waals surface area contributed by atoms with Crippen LogP contribution in [-0.4, -0.2) is 44.4 Å². The van der Waals surface area contributed by atoms with E-state index in [1.165, 1.54) is 24.4 Å². The van der Waals surface area contributed by atoms with Crippen molar-refractivity contribution in [2.24, 2.45) is 0 Å². The zero-order chi connectivity index (χ0) is 26.9. The number of pyridine rings is 1. The fourth-order valence-corrected chi connectivity index (χ4v) is 4.47. The first-order chi connectivity index (χ1) is 17.4. The number of nitrogens with zero attached hydrogens (tertiary/aromatic N) is 4.